The molecule has 0 aromatic rings. The number of carbonyl (C=O) groups is 1. The van der Waals surface area contributed by atoms with E-state index in [9.17, 15) is 4.79 Å². The summed E-state index contributed by atoms with van der Waals surface area (Å²) in [5, 5.41) is 3.25. The van der Waals surface area contributed by atoms with Crippen molar-refractivity contribution in [3.8, 4) is 0 Å². The number of amides is 1. The van der Waals surface area contributed by atoms with E-state index in [1.54, 1.807) is 7.11 Å². The van der Waals surface area contributed by atoms with Gasteiger partial charge in [-0.3, -0.25) is 4.79 Å². The number of hydrogen-bond acceptors (Lipinski definition) is 3. The van der Waals surface area contributed by atoms with Crippen molar-refractivity contribution < 1.29 is 9.53 Å². The van der Waals surface area contributed by atoms with Crippen LogP contribution in [0.1, 0.15) is 20.3 Å². The van der Waals surface area contributed by atoms with Gasteiger partial charge >= 0.3 is 0 Å². The van der Waals surface area contributed by atoms with E-state index in [2.05, 4.69) is 5.32 Å². The highest BCUT2D eigenvalue weighted by Crippen LogP contribution is 2.28. The van der Waals surface area contributed by atoms with Gasteiger partial charge in [-0.1, -0.05) is 0 Å². The molecule has 0 aromatic carbocycles. The largest absolute Gasteiger partial charge is 0.384 e. The van der Waals surface area contributed by atoms with Gasteiger partial charge in [-0.15, -0.1) is 0 Å². The summed E-state index contributed by atoms with van der Waals surface area (Å²) < 4.78 is 5.20. The van der Waals surface area contributed by atoms with Crippen LogP contribution in [0.4, 0.5) is 0 Å². The van der Waals surface area contributed by atoms with Crippen LogP contribution < -0.4 is 5.32 Å². The molecule has 1 aliphatic heterocycles. The fourth-order valence-electron chi connectivity index (χ4n) is 2.23. The fraction of sp³-hybridized carbons (Fsp3) is 0.909. The minimum Gasteiger partial charge on any atom is -0.384 e. The van der Waals surface area contributed by atoms with Gasteiger partial charge in [0, 0.05) is 26.7 Å². The maximum Gasteiger partial charge on any atom is 0.232 e. The normalized spacial score (nSPS) is 25.5. The summed E-state index contributed by atoms with van der Waals surface area (Å²) in [6.07, 6.45) is 0.885. The summed E-state index contributed by atoms with van der Waals surface area (Å²) in [5.74, 6) is 0.236. The SMILES string of the molecule is CCN(CC)C(=O)C1(COC)CCNC1. The molecular weight excluding hydrogens is 192 g/mol. The van der Waals surface area contributed by atoms with Gasteiger partial charge in [-0.05, 0) is 26.8 Å². The number of carbonyl (C=O) groups excluding carboxylic acids is 1. The lowest BCUT2D eigenvalue weighted by Crippen LogP contribution is -2.47. The second kappa shape index (κ2) is 5.47. The second-order valence-electron chi connectivity index (χ2n) is 4.12. The Kier molecular flexibility index (Phi) is 4.54. The number of hydrogen-bond donors (Lipinski definition) is 1. The fourth-order valence-corrected chi connectivity index (χ4v) is 2.23. The zero-order valence-corrected chi connectivity index (χ0v) is 10.0. The highest BCUT2D eigenvalue weighted by atomic mass is 16.5. The topological polar surface area (TPSA) is 41.6 Å². The zero-order valence-electron chi connectivity index (χ0n) is 10.0. The van der Waals surface area contributed by atoms with Gasteiger partial charge in [0.15, 0.2) is 0 Å². The Bertz CT molecular complexity index is 209. The predicted octanol–water partition coefficient (Wildman–Crippen LogP) is 0.481. The zero-order chi connectivity index (χ0) is 11.3. The van der Waals surface area contributed by atoms with Gasteiger partial charge in [0.05, 0.1) is 12.0 Å². The molecule has 1 N–H and O–H groups in total. The van der Waals surface area contributed by atoms with Crippen LogP contribution >= 0.6 is 0 Å². The summed E-state index contributed by atoms with van der Waals surface area (Å²) in [5.41, 5.74) is -0.319. The molecule has 1 unspecified atom stereocenters. The molecule has 1 amide bonds. The molecule has 1 aliphatic rings. The molecule has 0 spiro atoms. The number of ether oxygens (including phenoxy) is 1. The maximum atomic E-state index is 12.3. The van der Waals surface area contributed by atoms with E-state index in [-0.39, 0.29) is 11.3 Å². The number of nitrogens with one attached hydrogen (secondary N) is 1. The molecule has 1 atom stereocenters. The minimum absolute atomic E-state index is 0.236. The molecule has 0 radical (unpaired) electrons. The Morgan fingerprint density at radius 1 is 1.47 bits per heavy atom. The van der Waals surface area contributed by atoms with Crippen molar-refractivity contribution in [3.63, 3.8) is 0 Å². The average molecular weight is 214 g/mol. The van der Waals surface area contributed by atoms with Crippen LogP contribution in [0.3, 0.4) is 0 Å². The Hall–Kier alpha value is -0.610. The summed E-state index contributed by atoms with van der Waals surface area (Å²) in [4.78, 5) is 14.2. The smallest absolute Gasteiger partial charge is 0.232 e. The summed E-state index contributed by atoms with van der Waals surface area (Å²) in [6.45, 7) is 7.78. The number of rotatable bonds is 5. The Balaban J connectivity index is 2.74. The third kappa shape index (κ3) is 2.49. The monoisotopic (exact) mass is 214 g/mol. The first-order chi connectivity index (χ1) is 7.20. The summed E-state index contributed by atoms with van der Waals surface area (Å²) in [6, 6.07) is 0. The number of nitrogens with zero attached hydrogens (tertiary/aromatic N) is 1. The third-order valence-corrected chi connectivity index (χ3v) is 3.17. The van der Waals surface area contributed by atoms with E-state index in [1.165, 1.54) is 0 Å². The van der Waals surface area contributed by atoms with E-state index in [4.69, 9.17) is 4.74 Å². The average Bonchev–Trinajstić information content (AvgIpc) is 2.70. The molecule has 0 aromatic heterocycles. The molecular formula is C11H22N2O2. The van der Waals surface area contributed by atoms with E-state index < -0.39 is 0 Å². The van der Waals surface area contributed by atoms with Gasteiger partial charge in [0.25, 0.3) is 0 Å². The molecule has 88 valence electrons. The molecule has 4 nitrogen and oxygen atoms in total. The molecule has 0 aliphatic carbocycles. The molecule has 0 bridgehead atoms. The first kappa shape index (κ1) is 12.5. The molecule has 15 heavy (non-hydrogen) atoms. The van der Waals surface area contributed by atoms with Crippen LogP contribution in [-0.4, -0.2) is 50.7 Å². The van der Waals surface area contributed by atoms with Crippen molar-refractivity contribution in [1.82, 2.24) is 10.2 Å². The van der Waals surface area contributed by atoms with Gasteiger partial charge in [0.2, 0.25) is 5.91 Å². The minimum atomic E-state index is -0.319. The molecule has 1 fully saturated rings. The first-order valence-electron chi connectivity index (χ1n) is 5.69. The van der Waals surface area contributed by atoms with Crippen molar-refractivity contribution in [2.24, 2.45) is 5.41 Å². The van der Waals surface area contributed by atoms with Crippen LogP contribution in [0.2, 0.25) is 0 Å². The predicted molar refractivity (Wildman–Crippen MR) is 59.7 cm³/mol. The lowest BCUT2D eigenvalue weighted by atomic mass is 9.86. The standard InChI is InChI=1S/C11H22N2O2/c1-4-13(5-2)10(14)11(9-15-3)6-7-12-8-11/h12H,4-9H2,1-3H3. The first-order valence-corrected chi connectivity index (χ1v) is 5.69. The van der Waals surface area contributed by atoms with Crippen molar-refractivity contribution in [1.29, 1.82) is 0 Å². The molecule has 1 heterocycles. The van der Waals surface area contributed by atoms with Gasteiger partial charge in [0.1, 0.15) is 0 Å². The van der Waals surface area contributed by atoms with E-state index in [0.29, 0.717) is 6.61 Å². The van der Waals surface area contributed by atoms with Crippen molar-refractivity contribution in [3.05, 3.63) is 0 Å². The molecule has 1 rings (SSSR count). The Morgan fingerprint density at radius 2 is 2.13 bits per heavy atom. The molecule has 4 heteroatoms. The highest BCUT2D eigenvalue weighted by molar-refractivity contribution is 5.83. The van der Waals surface area contributed by atoms with Crippen molar-refractivity contribution in [2.75, 3.05) is 39.9 Å². The van der Waals surface area contributed by atoms with Crippen LogP contribution in [0.15, 0.2) is 0 Å². The van der Waals surface area contributed by atoms with Crippen LogP contribution in [0, 0.1) is 5.41 Å². The lowest BCUT2D eigenvalue weighted by molar-refractivity contribution is -0.143. The Morgan fingerprint density at radius 3 is 2.53 bits per heavy atom. The highest BCUT2D eigenvalue weighted by Gasteiger charge is 2.43. The molecule has 0 saturated carbocycles. The van der Waals surface area contributed by atoms with Crippen LogP contribution in [0.5, 0.6) is 0 Å². The molecule has 1 saturated heterocycles. The van der Waals surface area contributed by atoms with Crippen LogP contribution in [0.25, 0.3) is 0 Å². The van der Waals surface area contributed by atoms with Gasteiger partial charge < -0.3 is 15.0 Å². The van der Waals surface area contributed by atoms with Gasteiger partial charge in [-0.25, -0.2) is 0 Å². The van der Waals surface area contributed by atoms with E-state index in [0.717, 1.165) is 32.6 Å². The number of methoxy groups -OCH3 is 1. The summed E-state index contributed by atoms with van der Waals surface area (Å²) in [7, 11) is 1.66. The van der Waals surface area contributed by atoms with Crippen molar-refractivity contribution >= 4 is 5.91 Å². The van der Waals surface area contributed by atoms with Crippen LogP contribution in [-0.2, 0) is 9.53 Å². The van der Waals surface area contributed by atoms with Crippen molar-refractivity contribution in [2.45, 2.75) is 20.3 Å². The summed E-state index contributed by atoms with van der Waals surface area (Å²) >= 11 is 0. The van der Waals surface area contributed by atoms with E-state index >= 15 is 0 Å². The lowest BCUT2D eigenvalue weighted by Gasteiger charge is -2.32. The van der Waals surface area contributed by atoms with Gasteiger partial charge in [-0.2, -0.15) is 0 Å². The maximum absolute atomic E-state index is 12.3. The quantitative estimate of drug-likeness (QED) is 0.724. The van der Waals surface area contributed by atoms with E-state index in [1.807, 2.05) is 18.7 Å². The third-order valence-electron chi connectivity index (χ3n) is 3.17. The second-order valence-corrected chi connectivity index (χ2v) is 4.12. The Labute approximate surface area is 92.0 Å².